The first-order valence-corrected chi connectivity index (χ1v) is 6.90. The summed E-state index contributed by atoms with van der Waals surface area (Å²) in [7, 11) is -0.0455. The van der Waals surface area contributed by atoms with E-state index >= 15 is 0 Å². The fraction of sp³-hybridized carbons (Fsp3) is 0.231. The molecule has 70 valence electrons. The van der Waals surface area contributed by atoms with Gasteiger partial charge in [-0.25, -0.2) is 0 Å². The topological polar surface area (TPSA) is 0 Å². The van der Waals surface area contributed by atoms with E-state index in [-0.39, 0.29) is 7.53 Å². The number of rotatable bonds is 0. The van der Waals surface area contributed by atoms with Crippen molar-refractivity contribution in [1.82, 2.24) is 0 Å². The second kappa shape index (κ2) is 3.00. The molecule has 1 heterocycles. The summed E-state index contributed by atoms with van der Waals surface area (Å²) in [4.78, 5) is 1.62. The quantitative estimate of drug-likeness (QED) is 0.613. The van der Waals surface area contributed by atoms with Crippen LogP contribution < -0.4 is 10.2 Å². The number of fused-ring (bicyclic) bond motifs is 3. The van der Waals surface area contributed by atoms with Crippen LogP contribution in [-0.2, 0) is 6.66 Å². The van der Waals surface area contributed by atoms with Crippen molar-refractivity contribution < 1.29 is 0 Å². The monoisotopic (exact) mass is 200 g/mol. The molecule has 3 rings (SSSR count). The molecule has 14 heavy (non-hydrogen) atoms. The van der Waals surface area contributed by atoms with Crippen LogP contribution in [0.1, 0.15) is 12.8 Å². The summed E-state index contributed by atoms with van der Waals surface area (Å²) in [5.74, 6) is 0. The molecule has 0 bridgehead atoms. The van der Waals surface area contributed by atoms with Gasteiger partial charge in [0.1, 0.15) is 0 Å². The van der Waals surface area contributed by atoms with Crippen molar-refractivity contribution in [3.63, 3.8) is 0 Å². The second-order valence-corrected chi connectivity index (χ2v) is 5.94. The van der Waals surface area contributed by atoms with Crippen molar-refractivity contribution in [2.45, 2.75) is 12.8 Å². The van der Waals surface area contributed by atoms with E-state index in [0.29, 0.717) is 0 Å². The molecule has 1 aliphatic carbocycles. The Hall–Kier alpha value is -1.00. The predicted octanol–water partition coefficient (Wildman–Crippen LogP) is 2.72. The highest BCUT2D eigenvalue weighted by Gasteiger charge is 2.05. The molecule has 1 atom stereocenters. The number of aryl methyl sites for hydroxylation is 1. The Balaban J connectivity index is 2.68. The molecule has 1 aromatic carbocycles. The highest BCUT2D eigenvalue weighted by molar-refractivity contribution is 7.53. The smallest absolute Gasteiger partial charge is 0.00209 e. The molecule has 0 radical (unpaired) electrons. The van der Waals surface area contributed by atoms with Gasteiger partial charge in [0, 0.05) is 5.12 Å². The molecular weight excluding hydrogens is 187 g/mol. The van der Waals surface area contributed by atoms with Gasteiger partial charge in [0.2, 0.25) is 0 Å². The van der Waals surface area contributed by atoms with Crippen LogP contribution in [0.4, 0.5) is 0 Å². The largest absolute Gasteiger partial charge is 0.112 e. The lowest BCUT2D eigenvalue weighted by Crippen LogP contribution is -2.21. The Kier molecular flexibility index (Phi) is 1.78. The third-order valence-electron chi connectivity index (χ3n) is 3.05. The van der Waals surface area contributed by atoms with Crippen molar-refractivity contribution in [3.05, 3.63) is 34.4 Å². The molecule has 1 heteroatoms. The third kappa shape index (κ3) is 1.01. The van der Waals surface area contributed by atoms with Gasteiger partial charge in [0.05, 0.1) is 0 Å². The Bertz CT molecular complexity index is 602. The summed E-state index contributed by atoms with van der Waals surface area (Å²) in [5.41, 5.74) is 0. The minimum absolute atomic E-state index is 0.0455. The van der Waals surface area contributed by atoms with E-state index in [1.165, 1.54) is 23.4 Å². The molecule has 1 aliphatic rings. The van der Waals surface area contributed by atoms with Crippen molar-refractivity contribution in [3.8, 4) is 0 Å². The molecule has 1 unspecified atom stereocenters. The van der Waals surface area contributed by atoms with Crippen LogP contribution in [0.25, 0.3) is 22.7 Å². The normalized spacial score (nSPS) is 15.9. The predicted molar refractivity (Wildman–Crippen MR) is 65.1 cm³/mol. The maximum Gasteiger partial charge on any atom is 0.00209 e. The molecule has 0 aliphatic heterocycles. The fourth-order valence-electron chi connectivity index (χ4n) is 2.35. The van der Waals surface area contributed by atoms with Crippen LogP contribution in [0.15, 0.2) is 24.3 Å². The first kappa shape index (κ1) is 8.32. The molecular formula is C13H13P. The first-order chi connectivity index (χ1) is 6.88. The Morgan fingerprint density at radius 1 is 1.07 bits per heavy atom. The minimum atomic E-state index is -0.0455. The summed E-state index contributed by atoms with van der Waals surface area (Å²) in [5, 5.41) is 4.59. The van der Waals surface area contributed by atoms with Gasteiger partial charge in [-0.3, -0.25) is 0 Å². The summed E-state index contributed by atoms with van der Waals surface area (Å²) >= 11 is 0. The summed E-state index contributed by atoms with van der Waals surface area (Å²) in [6.07, 6.45) is 7.32. The van der Waals surface area contributed by atoms with Crippen LogP contribution in [0.5, 0.6) is 0 Å². The van der Waals surface area contributed by atoms with Gasteiger partial charge in [0.25, 0.3) is 0 Å². The highest BCUT2D eigenvalue weighted by atomic mass is 31.1. The molecule has 0 nitrogen and oxygen atoms in total. The Morgan fingerprint density at radius 2 is 1.86 bits per heavy atom. The average molecular weight is 200 g/mol. The SMILES string of the molecule is Cp1c2c(c3ccccc31)=CCCC=2. The van der Waals surface area contributed by atoms with Crippen LogP contribution in [-0.4, -0.2) is 0 Å². The molecule has 1 aromatic heterocycles. The van der Waals surface area contributed by atoms with E-state index in [4.69, 9.17) is 0 Å². The standard InChI is InChI=1S/C13H13P/c1-14-12-8-4-2-6-10(12)11-7-3-5-9-13(11)14/h2,4,6-9H,3,5H2,1H3. The number of hydrogen-bond acceptors (Lipinski definition) is 0. The maximum absolute atomic E-state index is 2.45. The van der Waals surface area contributed by atoms with Crippen molar-refractivity contribution in [2.24, 2.45) is 6.66 Å². The van der Waals surface area contributed by atoms with Crippen LogP contribution >= 0.6 is 7.53 Å². The highest BCUT2D eigenvalue weighted by Crippen LogP contribution is 2.28. The van der Waals surface area contributed by atoms with Gasteiger partial charge in [0.15, 0.2) is 0 Å². The molecule has 0 spiro atoms. The van der Waals surface area contributed by atoms with E-state index < -0.39 is 0 Å². The van der Waals surface area contributed by atoms with Crippen molar-refractivity contribution >= 4 is 30.2 Å². The zero-order valence-corrected chi connectivity index (χ0v) is 9.22. The van der Waals surface area contributed by atoms with Gasteiger partial charge in [-0.2, -0.15) is 0 Å². The Morgan fingerprint density at radius 3 is 2.79 bits per heavy atom. The number of benzene rings is 1. The minimum Gasteiger partial charge on any atom is -0.112 e. The van der Waals surface area contributed by atoms with Crippen LogP contribution in [0.2, 0.25) is 0 Å². The van der Waals surface area contributed by atoms with E-state index in [2.05, 4.69) is 43.1 Å². The molecule has 0 saturated carbocycles. The van der Waals surface area contributed by atoms with Crippen molar-refractivity contribution in [2.75, 3.05) is 0 Å². The summed E-state index contributed by atoms with van der Waals surface area (Å²) < 4.78 is 0. The number of hydrogen-bond donors (Lipinski definition) is 0. The molecule has 0 N–H and O–H groups in total. The van der Waals surface area contributed by atoms with Gasteiger partial charge < -0.3 is 0 Å². The molecule has 2 aromatic rings. The van der Waals surface area contributed by atoms with Crippen LogP contribution in [0.3, 0.4) is 0 Å². The van der Waals surface area contributed by atoms with Crippen molar-refractivity contribution in [1.29, 1.82) is 0 Å². The summed E-state index contributed by atoms with van der Waals surface area (Å²) in [6, 6.07) is 8.88. The van der Waals surface area contributed by atoms with E-state index in [1.54, 1.807) is 10.1 Å². The maximum atomic E-state index is 2.45. The molecule has 0 amide bonds. The Labute approximate surface area is 84.6 Å². The van der Waals surface area contributed by atoms with Gasteiger partial charge >= 0.3 is 0 Å². The van der Waals surface area contributed by atoms with Gasteiger partial charge in [-0.05, 0) is 35.1 Å². The fourth-order valence-corrected chi connectivity index (χ4v) is 4.45. The molecule has 0 saturated heterocycles. The molecule has 0 fully saturated rings. The van der Waals surface area contributed by atoms with Gasteiger partial charge in [-0.1, -0.05) is 36.4 Å². The average Bonchev–Trinajstić information content (AvgIpc) is 2.55. The van der Waals surface area contributed by atoms with Crippen LogP contribution in [0, 0.1) is 0 Å². The zero-order chi connectivity index (χ0) is 9.54. The summed E-state index contributed by atoms with van der Waals surface area (Å²) in [6.45, 7) is 2.38. The lowest BCUT2D eigenvalue weighted by Gasteiger charge is -1.95. The van der Waals surface area contributed by atoms with Gasteiger partial charge in [-0.15, -0.1) is 7.53 Å². The third-order valence-corrected chi connectivity index (χ3v) is 5.30. The second-order valence-electron chi connectivity index (χ2n) is 3.86. The van der Waals surface area contributed by atoms with E-state index in [0.717, 1.165) is 0 Å². The van der Waals surface area contributed by atoms with E-state index in [9.17, 15) is 0 Å². The lowest BCUT2D eigenvalue weighted by atomic mass is 10.1. The first-order valence-electron chi connectivity index (χ1n) is 5.12. The lowest BCUT2D eigenvalue weighted by molar-refractivity contribution is 1.13. The zero-order valence-electron chi connectivity index (χ0n) is 8.33. The van der Waals surface area contributed by atoms with E-state index in [1.807, 2.05) is 0 Å².